The Morgan fingerprint density at radius 2 is 1.85 bits per heavy atom. The summed E-state index contributed by atoms with van der Waals surface area (Å²) < 4.78 is 48.0. The summed E-state index contributed by atoms with van der Waals surface area (Å²) in [6.45, 7) is 1.58. The van der Waals surface area contributed by atoms with Gasteiger partial charge in [0.15, 0.2) is 0 Å². The average Bonchev–Trinajstić information content (AvgIpc) is 3.56. The van der Waals surface area contributed by atoms with Crippen LogP contribution in [-0.2, 0) is 11.0 Å². The van der Waals surface area contributed by atoms with Gasteiger partial charge in [0.05, 0.1) is 4.88 Å². The van der Waals surface area contributed by atoms with Crippen LogP contribution in [-0.4, -0.2) is 25.8 Å². The lowest BCUT2D eigenvalue weighted by Gasteiger charge is -2.10. The van der Waals surface area contributed by atoms with Gasteiger partial charge in [0.2, 0.25) is 5.82 Å². The standard InChI is InChI=1S/C24H16F3N3O3S/c1-13(23(31)32)30-10-9-15-11-16(7-8-18(15)30)21-28-22(33-29-21)19-12-17(14-5-3-2-4-6-14)20(34-19)24(25,26)27/h2-13H,1H3,(H,31,32). The van der Waals surface area contributed by atoms with E-state index in [4.69, 9.17) is 4.52 Å². The summed E-state index contributed by atoms with van der Waals surface area (Å²) in [6, 6.07) is 16.0. The van der Waals surface area contributed by atoms with Crippen molar-refractivity contribution in [3.8, 4) is 33.3 Å². The molecule has 5 aromatic rings. The van der Waals surface area contributed by atoms with Crippen LogP contribution in [0.25, 0.3) is 44.2 Å². The van der Waals surface area contributed by atoms with Crippen LogP contribution in [0.15, 0.2) is 71.4 Å². The quantitative estimate of drug-likeness (QED) is 0.299. The fraction of sp³-hybridized carbons (Fsp3) is 0.125. The Bertz CT molecular complexity index is 1500. The highest BCUT2D eigenvalue weighted by Gasteiger charge is 2.37. The van der Waals surface area contributed by atoms with Gasteiger partial charge >= 0.3 is 12.1 Å². The number of aromatic nitrogens is 3. The number of alkyl halides is 3. The normalized spacial score (nSPS) is 12.8. The van der Waals surface area contributed by atoms with Gasteiger partial charge in [0, 0.05) is 28.2 Å². The molecule has 34 heavy (non-hydrogen) atoms. The molecule has 0 aliphatic carbocycles. The van der Waals surface area contributed by atoms with Crippen molar-refractivity contribution in [1.82, 2.24) is 14.7 Å². The van der Waals surface area contributed by atoms with E-state index >= 15 is 0 Å². The van der Waals surface area contributed by atoms with E-state index in [1.807, 2.05) is 0 Å². The number of fused-ring (bicyclic) bond motifs is 1. The molecule has 0 saturated heterocycles. The average molecular weight is 483 g/mol. The Labute approximate surface area is 194 Å². The van der Waals surface area contributed by atoms with Crippen LogP contribution in [0.3, 0.4) is 0 Å². The van der Waals surface area contributed by atoms with Crippen molar-refractivity contribution in [1.29, 1.82) is 0 Å². The van der Waals surface area contributed by atoms with Crippen LogP contribution in [0, 0.1) is 0 Å². The number of halogens is 3. The molecule has 2 aromatic carbocycles. The molecular weight excluding hydrogens is 467 g/mol. The molecule has 1 atom stereocenters. The lowest BCUT2D eigenvalue weighted by atomic mass is 10.1. The first-order valence-electron chi connectivity index (χ1n) is 10.2. The highest BCUT2D eigenvalue weighted by molar-refractivity contribution is 7.16. The Hall–Kier alpha value is -3.92. The number of nitrogens with zero attached hydrogens (tertiary/aromatic N) is 3. The maximum absolute atomic E-state index is 13.7. The largest absolute Gasteiger partial charge is 0.480 e. The van der Waals surface area contributed by atoms with E-state index in [1.54, 1.807) is 72.3 Å². The summed E-state index contributed by atoms with van der Waals surface area (Å²) in [7, 11) is 0. The van der Waals surface area contributed by atoms with Crippen molar-refractivity contribution in [2.24, 2.45) is 0 Å². The van der Waals surface area contributed by atoms with Crippen LogP contribution < -0.4 is 0 Å². The zero-order valence-electron chi connectivity index (χ0n) is 17.6. The van der Waals surface area contributed by atoms with Crippen molar-refractivity contribution in [3.63, 3.8) is 0 Å². The van der Waals surface area contributed by atoms with E-state index in [9.17, 15) is 23.1 Å². The molecule has 3 heterocycles. The number of hydrogen-bond acceptors (Lipinski definition) is 5. The highest BCUT2D eigenvalue weighted by Crippen LogP contribution is 2.45. The molecule has 0 fully saturated rings. The second kappa shape index (κ2) is 8.14. The molecule has 0 bridgehead atoms. The number of benzene rings is 2. The van der Waals surface area contributed by atoms with Gasteiger partial charge in [-0.25, -0.2) is 4.79 Å². The number of hydrogen-bond donors (Lipinski definition) is 1. The number of carboxylic acids is 1. The van der Waals surface area contributed by atoms with Crippen molar-refractivity contribution in [2.75, 3.05) is 0 Å². The second-order valence-corrected chi connectivity index (χ2v) is 8.70. The lowest BCUT2D eigenvalue weighted by molar-refractivity contribution is -0.140. The SMILES string of the molecule is CC(C(=O)O)n1ccc2cc(-c3noc(-c4cc(-c5ccccc5)c(C(F)(F)F)s4)n3)ccc21. The molecule has 0 aliphatic heterocycles. The molecule has 5 rings (SSSR count). The summed E-state index contributed by atoms with van der Waals surface area (Å²) in [5.74, 6) is -0.738. The molecule has 3 aromatic heterocycles. The zero-order valence-corrected chi connectivity index (χ0v) is 18.4. The molecule has 1 N–H and O–H groups in total. The molecule has 172 valence electrons. The van der Waals surface area contributed by atoms with Crippen LogP contribution in [0.5, 0.6) is 0 Å². The van der Waals surface area contributed by atoms with Crippen molar-refractivity contribution in [2.45, 2.75) is 19.1 Å². The van der Waals surface area contributed by atoms with Crippen LogP contribution >= 0.6 is 11.3 Å². The maximum atomic E-state index is 13.7. The van der Waals surface area contributed by atoms with Gasteiger partial charge in [0.1, 0.15) is 10.9 Å². The maximum Gasteiger partial charge on any atom is 0.426 e. The first kappa shape index (κ1) is 21.9. The van der Waals surface area contributed by atoms with Crippen LogP contribution in [0.1, 0.15) is 17.8 Å². The molecule has 10 heteroatoms. The van der Waals surface area contributed by atoms with E-state index < -0.39 is 23.1 Å². The molecule has 1 unspecified atom stereocenters. The Balaban J connectivity index is 1.52. The number of carbonyl (C=O) groups is 1. The Morgan fingerprint density at radius 3 is 2.56 bits per heavy atom. The van der Waals surface area contributed by atoms with Gasteiger partial charge in [-0.05, 0) is 42.8 Å². The van der Waals surface area contributed by atoms with Crippen LogP contribution in [0.4, 0.5) is 13.2 Å². The minimum atomic E-state index is -4.53. The number of rotatable bonds is 5. The van der Waals surface area contributed by atoms with E-state index in [-0.39, 0.29) is 22.2 Å². The number of thiophene rings is 1. The van der Waals surface area contributed by atoms with E-state index in [0.29, 0.717) is 22.5 Å². The van der Waals surface area contributed by atoms with E-state index in [1.165, 1.54) is 6.07 Å². The lowest BCUT2D eigenvalue weighted by Crippen LogP contribution is -2.14. The fourth-order valence-corrected chi connectivity index (χ4v) is 4.71. The highest BCUT2D eigenvalue weighted by atomic mass is 32.1. The van der Waals surface area contributed by atoms with Gasteiger partial charge in [0.25, 0.3) is 5.89 Å². The minimum Gasteiger partial charge on any atom is -0.480 e. The first-order chi connectivity index (χ1) is 16.2. The third kappa shape index (κ3) is 3.86. The molecule has 0 amide bonds. The van der Waals surface area contributed by atoms with Gasteiger partial charge < -0.3 is 14.2 Å². The molecular formula is C24H16F3N3O3S. The smallest absolute Gasteiger partial charge is 0.426 e. The van der Waals surface area contributed by atoms with Gasteiger partial charge in [-0.3, -0.25) is 0 Å². The van der Waals surface area contributed by atoms with Gasteiger partial charge in [-0.15, -0.1) is 11.3 Å². The molecule has 0 radical (unpaired) electrons. The van der Waals surface area contributed by atoms with Crippen molar-refractivity contribution in [3.05, 3.63) is 71.7 Å². The summed E-state index contributed by atoms with van der Waals surface area (Å²) in [5, 5.41) is 14.0. The monoisotopic (exact) mass is 483 g/mol. The molecule has 0 aliphatic rings. The summed E-state index contributed by atoms with van der Waals surface area (Å²) in [4.78, 5) is 15.1. The molecule has 0 spiro atoms. The fourth-order valence-electron chi connectivity index (χ4n) is 3.74. The topological polar surface area (TPSA) is 81.1 Å². The van der Waals surface area contributed by atoms with E-state index in [0.717, 1.165) is 10.9 Å². The first-order valence-corrected chi connectivity index (χ1v) is 11.0. The summed E-state index contributed by atoms with van der Waals surface area (Å²) in [5.41, 5.74) is 1.83. The van der Waals surface area contributed by atoms with E-state index in [2.05, 4.69) is 10.1 Å². The van der Waals surface area contributed by atoms with Crippen molar-refractivity contribution >= 4 is 28.2 Å². The zero-order chi connectivity index (χ0) is 24.0. The third-order valence-electron chi connectivity index (χ3n) is 5.46. The van der Waals surface area contributed by atoms with Gasteiger partial charge in [-0.1, -0.05) is 35.5 Å². The second-order valence-electron chi connectivity index (χ2n) is 7.65. The Kier molecular flexibility index (Phi) is 5.24. The summed E-state index contributed by atoms with van der Waals surface area (Å²) in [6.07, 6.45) is -2.84. The van der Waals surface area contributed by atoms with Gasteiger partial charge in [-0.2, -0.15) is 18.2 Å². The minimum absolute atomic E-state index is 0.00940. The van der Waals surface area contributed by atoms with Crippen LogP contribution in [0.2, 0.25) is 0 Å². The summed E-state index contributed by atoms with van der Waals surface area (Å²) >= 11 is 0.554. The Morgan fingerprint density at radius 1 is 1.09 bits per heavy atom. The number of aliphatic carboxylic acids is 1. The predicted molar refractivity (Wildman–Crippen MR) is 121 cm³/mol. The predicted octanol–water partition coefficient (Wildman–Crippen LogP) is 6.75. The molecule has 6 nitrogen and oxygen atoms in total. The number of carboxylic acid groups (broad SMARTS) is 1. The van der Waals surface area contributed by atoms with Crippen molar-refractivity contribution < 1.29 is 27.6 Å². The molecule has 0 saturated carbocycles. The third-order valence-corrected chi connectivity index (χ3v) is 6.63.